The van der Waals surface area contributed by atoms with Crippen LogP contribution in [-0.4, -0.2) is 37.2 Å². The molecule has 0 atom stereocenters. The Morgan fingerprint density at radius 2 is 1.89 bits per heavy atom. The molecular weight excluding hydrogens is 468 g/mol. The van der Waals surface area contributed by atoms with Crippen molar-refractivity contribution >= 4 is 23.4 Å². The Morgan fingerprint density at radius 1 is 1.11 bits per heavy atom. The lowest BCUT2D eigenvalue weighted by Gasteiger charge is -2.12. The fourth-order valence-electron chi connectivity index (χ4n) is 4.07. The summed E-state index contributed by atoms with van der Waals surface area (Å²) in [5.74, 6) is 1.27. The van der Waals surface area contributed by atoms with E-state index >= 15 is 0 Å². The summed E-state index contributed by atoms with van der Waals surface area (Å²) in [7, 11) is 3.08. The Morgan fingerprint density at radius 3 is 2.54 bits per heavy atom. The van der Waals surface area contributed by atoms with Gasteiger partial charge in [-0.05, 0) is 48.1 Å². The van der Waals surface area contributed by atoms with Crippen LogP contribution in [0, 0.1) is 0 Å². The predicted molar refractivity (Wildman–Crippen MR) is 135 cm³/mol. The fraction of sp³-hybridized carbons (Fsp3) is 0.296. The first kappa shape index (κ1) is 24.5. The summed E-state index contributed by atoms with van der Waals surface area (Å²) in [6, 6.07) is 8.64. The van der Waals surface area contributed by atoms with Crippen LogP contribution in [0.1, 0.15) is 35.8 Å². The first-order chi connectivity index (χ1) is 16.9. The number of rotatable bonds is 10. The number of carboxylic acid groups (broad SMARTS) is 1. The maximum atomic E-state index is 12.3. The van der Waals surface area contributed by atoms with Gasteiger partial charge in [-0.25, -0.2) is 4.79 Å². The monoisotopic (exact) mass is 496 g/mol. The summed E-state index contributed by atoms with van der Waals surface area (Å²) in [4.78, 5) is 13.1. The molecule has 2 aromatic carbocycles. The molecule has 2 heterocycles. The molecule has 0 fully saturated rings. The van der Waals surface area contributed by atoms with Crippen molar-refractivity contribution < 1.29 is 34.0 Å². The molecule has 184 valence electrons. The molecule has 8 heteroatoms. The van der Waals surface area contributed by atoms with E-state index in [0.29, 0.717) is 34.1 Å². The number of aromatic hydroxyl groups is 1. The van der Waals surface area contributed by atoms with Crippen LogP contribution in [0.4, 0.5) is 0 Å². The highest BCUT2D eigenvalue weighted by molar-refractivity contribution is 7.11. The quantitative estimate of drug-likeness (QED) is 0.337. The minimum Gasteiger partial charge on any atom is -0.507 e. The molecule has 1 aliphatic rings. The number of ether oxygens (including phenoxy) is 4. The number of unbranched alkanes of at least 4 members (excludes halogenated alkanes) is 1. The van der Waals surface area contributed by atoms with E-state index in [4.69, 9.17) is 18.9 Å². The number of hydrogen-bond donors (Lipinski definition) is 2. The van der Waals surface area contributed by atoms with E-state index in [0.717, 1.165) is 35.3 Å². The summed E-state index contributed by atoms with van der Waals surface area (Å²) >= 11 is 1.47. The molecule has 0 unspecified atom stereocenters. The summed E-state index contributed by atoms with van der Waals surface area (Å²) in [6.45, 7) is 2.24. The predicted octanol–water partition coefficient (Wildman–Crippen LogP) is 5.92. The topological polar surface area (TPSA) is 94.5 Å². The van der Waals surface area contributed by atoms with Gasteiger partial charge in [-0.3, -0.25) is 0 Å². The average molecular weight is 497 g/mol. The number of aliphatic carboxylic acids is 1. The van der Waals surface area contributed by atoms with Crippen LogP contribution < -0.4 is 18.9 Å². The van der Waals surface area contributed by atoms with Gasteiger partial charge in [0.1, 0.15) is 17.2 Å². The number of aryl methyl sites for hydroxylation is 1. The molecule has 0 radical (unpaired) electrons. The smallest absolute Gasteiger partial charge is 0.331 e. The number of benzene rings is 2. The molecule has 3 aromatic rings. The van der Waals surface area contributed by atoms with Gasteiger partial charge in [-0.1, -0.05) is 13.3 Å². The number of carboxylic acids is 1. The van der Waals surface area contributed by atoms with Gasteiger partial charge in [-0.2, -0.15) is 0 Å². The molecule has 7 nitrogen and oxygen atoms in total. The third kappa shape index (κ3) is 5.22. The van der Waals surface area contributed by atoms with Crippen molar-refractivity contribution in [3.05, 3.63) is 57.3 Å². The highest BCUT2D eigenvalue weighted by atomic mass is 32.1. The third-order valence-electron chi connectivity index (χ3n) is 5.91. The molecule has 0 amide bonds. The van der Waals surface area contributed by atoms with Gasteiger partial charge in [0.2, 0.25) is 6.79 Å². The zero-order valence-corrected chi connectivity index (χ0v) is 20.7. The highest BCUT2D eigenvalue weighted by Crippen LogP contribution is 2.42. The molecule has 1 aromatic heterocycles. The van der Waals surface area contributed by atoms with E-state index in [2.05, 4.69) is 6.92 Å². The molecule has 0 aliphatic carbocycles. The van der Waals surface area contributed by atoms with Crippen LogP contribution in [0.3, 0.4) is 0 Å². The maximum Gasteiger partial charge on any atom is 0.331 e. The van der Waals surface area contributed by atoms with Crippen molar-refractivity contribution in [2.45, 2.75) is 32.6 Å². The lowest BCUT2D eigenvalue weighted by atomic mass is 9.95. The van der Waals surface area contributed by atoms with Crippen molar-refractivity contribution in [1.82, 2.24) is 0 Å². The summed E-state index contributed by atoms with van der Waals surface area (Å²) in [5, 5.41) is 22.9. The van der Waals surface area contributed by atoms with Crippen molar-refractivity contribution in [3.63, 3.8) is 0 Å². The molecule has 35 heavy (non-hydrogen) atoms. The third-order valence-corrected chi connectivity index (χ3v) is 6.88. The fourth-order valence-corrected chi connectivity index (χ4v) is 5.14. The Kier molecular flexibility index (Phi) is 7.51. The number of hydrogen-bond acceptors (Lipinski definition) is 7. The standard InChI is InChI=1S/C27H28O7S/c1-4-5-6-16-14-35-25(26(16)20-8-7-19(31-2)12-21(20)28)11-18(27(29)30)9-17-10-23-24(34-15-33-23)13-22(17)32-3/h7-8,10-14,28H,4-6,9,15H2,1-3H3,(H,29,30)/b18-11+. The van der Waals surface area contributed by atoms with E-state index in [1.807, 2.05) is 11.4 Å². The lowest BCUT2D eigenvalue weighted by Crippen LogP contribution is -2.05. The van der Waals surface area contributed by atoms with Gasteiger partial charge < -0.3 is 29.2 Å². The van der Waals surface area contributed by atoms with Crippen molar-refractivity contribution in [1.29, 1.82) is 0 Å². The second-order valence-corrected chi connectivity index (χ2v) is 9.07. The van der Waals surface area contributed by atoms with Gasteiger partial charge in [0.25, 0.3) is 0 Å². The number of methoxy groups -OCH3 is 2. The molecule has 0 saturated carbocycles. The van der Waals surface area contributed by atoms with Crippen LogP contribution >= 0.6 is 11.3 Å². The Hall–Kier alpha value is -3.65. The van der Waals surface area contributed by atoms with Gasteiger partial charge >= 0.3 is 5.97 Å². The van der Waals surface area contributed by atoms with Gasteiger partial charge in [-0.15, -0.1) is 11.3 Å². The first-order valence-electron chi connectivity index (χ1n) is 11.3. The summed E-state index contributed by atoms with van der Waals surface area (Å²) in [6.07, 6.45) is 4.67. The molecular formula is C27H28O7S. The Bertz CT molecular complexity index is 1260. The van der Waals surface area contributed by atoms with Gasteiger partial charge in [0.05, 0.1) is 14.2 Å². The number of fused-ring (bicyclic) bond motifs is 1. The summed E-state index contributed by atoms with van der Waals surface area (Å²) in [5.41, 5.74) is 3.45. The number of carbonyl (C=O) groups is 1. The minimum absolute atomic E-state index is 0.0875. The Balaban J connectivity index is 1.78. The van der Waals surface area contributed by atoms with Crippen LogP contribution in [0.15, 0.2) is 41.3 Å². The van der Waals surface area contributed by atoms with Crippen LogP contribution in [0.2, 0.25) is 0 Å². The largest absolute Gasteiger partial charge is 0.507 e. The maximum absolute atomic E-state index is 12.3. The molecule has 0 saturated heterocycles. The Labute approximate surface area is 208 Å². The van der Waals surface area contributed by atoms with Crippen LogP contribution in [0.25, 0.3) is 17.2 Å². The normalized spacial score (nSPS) is 12.6. The number of thiophene rings is 1. The van der Waals surface area contributed by atoms with E-state index in [-0.39, 0.29) is 24.5 Å². The SMILES string of the molecule is CCCCc1csc(/C=C(\Cc2cc3c(cc2OC)OCO3)C(=O)O)c1-c1ccc(OC)cc1O. The molecule has 0 spiro atoms. The zero-order chi connectivity index (χ0) is 24.9. The van der Waals surface area contributed by atoms with E-state index in [9.17, 15) is 15.0 Å². The highest BCUT2D eigenvalue weighted by Gasteiger charge is 2.22. The molecule has 2 N–H and O–H groups in total. The number of phenols is 1. The van der Waals surface area contributed by atoms with Gasteiger partial charge in [0, 0.05) is 45.7 Å². The first-order valence-corrected chi connectivity index (χ1v) is 12.2. The minimum atomic E-state index is -1.03. The van der Waals surface area contributed by atoms with E-state index < -0.39 is 5.97 Å². The zero-order valence-electron chi connectivity index (χ0n) is 19.9. The average Bonchev–Trinajstić information content (AvgIpc) is 3.47. The van der Waals surface area contributed by atoms with Gasteiger partial charge in [0.15, 0.2) is 11.5 Å². The van der Waals surface area contributed by atoms with E-state index in [1.54, 1.807) is 37.5 Å². The van der Waals surface area contributed by atoms with Crippen molar-refractivity contribution in [3.8, 4) is 39.9 Å². The number of phenolic OH excluding ortho intramolecular Hbond substituents is 1. The second-order valence-electron chi connectivity index (χ2n) is 8.16. The molecule has 1 aliphatic heterocycles. The van der Waals surface area contributed by atoms with Crippen LogP contribution in [0.5, 0.6) is 28.7 Å². The molecule has 0 bridgehead atoms. The second kappa shape index (κ2) is 10.7. The molecule has 4 rings (SSSR count). The van der Waals surface area contributed by atoms with Crippen molar-refractivity contribution in [2.75, 3.05) is 21.0 Å². The van der Waals surface area contributed by atoms with Crippen LogP contribution in [-0.2, 0) is 17.6 Å². The van der Waals surface area contributed by atoms with E-state index in [1.165, 1.54) is 18.4 Å². The van der Waals surface area contributed by atoms with Crippen molar-refractivity contribution in [2.24, 2.45) is 0 Å². The summed E-state index contributed by atoms with van der Waals surface area (Å²) < 4.78 is 21.6. The lowest BCUT2D eigenvalue weighted by molar-refractivity contribution is -0.132.